The topological polar surface area (TPSA) is 154 Å². The Balaban J connectivity index is 2.43. The summed E-state index contributed by atoms with van der Waals surface area (Å²) in [5.41, 5.74) is 4.99. The largest absolute Gasteiger partial charge is 0.398 e. The average molecular weight is 299 g/mol. The number of aromatic nitrogens is 2. The van der Waals surface area contributed by atoms with Gasteiger partial charge in [0.05, 0.1) is 10.6 Å². The van der Waals surface area contributed by atoms with E-state index in [9.17, 15) is 18.5 Å². The Kier molecular flexibility index (Phi) is 3.28. The second-order valence-electron chi connectivity index (χ2n) is 3.73. The van der Waals surface area contributed by atoms with Crippen LogP contribution in [0, 0.1) is 17.0 Å². The van der Waals surface area contributed by atoms with E-state index in [-0.39, 0.29) is 17.5 Å². The maximum atomic E-state index is 12.1. The van der Waals surface area contributed by atoms with Crippen LogP contribution in [0.15, 0.2) is 27.6 Å². The maximum absolute atomic E-state index is 12.1. The lowest BCUT2D eigenvalue weighted by molar-refractivity contribution is -0.385. The minimum atomic E-state index is -4.16. The van der Waals surface area contributed by atoms with Crippen LogP contribution in [0.5, 0.6) is 0 Å². The van der Waals surface area contributed by atoms with E-state index in [2.05, 4.69) is 14.7 Å². The van der Waals surface area contributed by atoms with Gasteiger partial charge in [0.25, 0.3) is 15.7 Å². The Morgan fingerprint density at radius 3 is 2.70 bits per heavy atom. The molecule has 0 unspecified atom stereocenters. The Labute approximate surface area is 112 Å². The van der Waals surface area contributed by atoms with Crippen LogP contribution in [-0.4, -0.2) is 23.5 Å². The highest BCUT2D eigenvalue weighted by atomic mass is 32.2. The maximum Gasteiger partial charge on any atom is 0.335 e. The predicted octanol–water partition coefficient (Wildman–Crippen LogP) is 0.669. The van der Waals surface area contributed by atoms with Gasteiger partial charge in [0.2, 0.25) is 0 Å². The van der Waals surface area contributed by atoms with Crippen LogP contribution < -0.4 is 10.5 Å². The number of nitro groups is 1. The molecule has 20 heavy (non-hydrogen) atoms. The summed E-state index contributed by atoms with van der Waals surface area (Å²) >= 11 is 0. The van der Waals surface area contributed by atoms with Gasteiger partial charge < -0.3 is 10.3 Å². The predicted molar refractivity (Wildman–Crippen MR) is 67.4 cm³/mol. The number of hydrogen-bond acceptors (Lipinski definition) is 8. The fourth-order valence-electron chi connectivity index (χ4n) is 1.38. The third kappa shape index (κ3) is 2.66. The molecule has 0 bridgehead atoms. The number of non-ortho nitro benzene ring substituents is 1. The van der Waals surface area contributed by atoms with E-state index in [0.717, 1.165) is 18.2 Å². The number of nitro benzene ring substituents is 1. The molecule has 0 amide bonds. The molecule has 3 N–H and O–H groups in total. The summed E-state index contributed by atoms with van der Waals surface area (Å²) in [6, 6.07) is 2.73. The quantitative estimate of drug-likeness (QED) is 0.474. The first kappa shape index (κ1) is 13.7. The number of rotatable bonds is 4. The van der Waals surface area contributed by atoms with Gasteiger partial charge in [0.15, 0.2) is 5.82 Å². The van der Waals surface area contributed by atoms with Gasteiger partial charge in [-0.05, 0) is 13.0 Å². The van der Waals surface area contributed by atoms with Gasteiger partial charge in [-0.25, -0.2) is 13.1 Å². The molecule has 0 aliphatic heterocycles. The third-order valence-electron chi connectivity index (χ3n) is 2.25. The monoisotopic (exact) mass is 299 g/mol. The van der Waals surface area contributed by atoms with Crippen LogP contribution in [0.2, 0.25) is 0 Å². The number of nitrogens with one attached hydrogen (secondary N) is 1. The highest BCUT2D eigenvalue weighted by Crippen LogP contribution is 2.25. The third-order valence-corrected chi connectivity index (χ3v) is 3.62. The van der Waals surface area contributed by atoms with Gasteiger partial charge in [-0.2, -0.15) is 4.98 Å². The van der Waals surface area contributed by atoms with Crippen LogP contribution in [0.1, 0.15) is 5.82 Å². The number of anilines is 2. The van der Waals surface area contributed by atoms with Gasteiger partial charge in [-0.3, -0.25) is 10.1 Å². The van der Waals surface area contributed by atoms with Crippen LogP contribution >= 0.6 is 0 Å². The molecule has 0 saturated heterocycles. The highest BCUT2D eigenvalue weighted by Gasteiger charge is 2.23. The van der Waals surface area contributed by atoms with Crippen molar-refractivity contribution in [2.24, 2.45) is 0 Å². The Hall–Kier alpha value is -2.69. The summed E-state index contributed by atoms with van der Waals surface area (Å²) < 4.78 is 30.7. The van der Waals surface area contributed by atoms with Crippen molar-refractivity contribution in [1.82, 2.24) is 10.1 Å². The summed E-state index contributed by atoms with van der Waals surface area (Å²) in [5.74, 6) is 0.231. The number of aryl methyl sites for hydroxylation is 1. The number of hydrogen-bond donors (Lipinski definition) is 2. The molecule has 0 radical (unpaired) electrons. The number of nitrogens with zero attached hydrogens (tertiary/aromatic N) is 3. The number of benzene rings is 1. The van der Waals surface area contributed by atoms with Crippen molar-refractivity contribution in [1.29, 1.82) is 0 Å². The van der Waals surface area contributed by atoms with E-state index in [1.165, 1.54) is 6.92 Å². The first-order valence-corrected chi connectivity index (χ1v) is 6.65. The summed E-state index contributed by atoms with van der Waals surface area (Å²) in [5, 5.41) is 14.1. The van der Waals surface area contributed by atoms with E-state index >= 15 is 0 Å². The summed E-state index contributed by atoms with van der Waals surface area (Å²) in [4.78, 5) is 13.2. The smallest absolute Gasteiger partial charge is 0.335 e. The standard InChI is InChI=1S/C9H9N5O5S/c1-5-11-9(19-12-5)13-20(17,18)8-4-6(14(15)16)2-3-7(8)10/h2-4H,10H2,1H3,(H,11,12,13). The highest BCUT2D eigenvalue weighted by molar-refractivity contribution is 7.92. The Morgan fingerprint density at radius 2 is 2.15 bits per heavy atom. The molecule has 0 atom stereocenters. The first-order valence-electron chi connectivity index (χ1n) is 5.16. The van der Waals surface area contributed by atoms with Gasteiger partial charge in [-0.15, -0.1) is 0 Å². The van der Waals surface area contributed by atoms with E-state index in [4.69, 9.17) is 5.73 Å². The van der Waals surface area contributed by atoms with Crippen LogP contribution in [-0.2, 0) is 10.0 Å². The van der Waals surface area contributed by atoms with E-state index in [1.807, 2.05) is 4.72 Å². The fraction of sp³-hybridized carbons (Fsp3) is 0.111. The normalized spacial score (nSPS) is 11.2. The molecule has 0 fully saturated rings. The summed E-state index contributed by atoms with van der Waals surface area (Å²) in [6.45, 7) is 1.50. The first-order chi connectivity index (χ1) is 9.29. The molecule has 1 heterocycles. The van der Waals surface area contributed by atoms with Gasteiger partial charge in [0, 0.05) is 12.1 Å². The molecule has 0 spiro atoms. The van der Waals surface area contributed by atoms with Gasteiger partial charge >= 0.3 is 6.01 Å². The molecular weight excluding hydrogens is 290 g/mol. The molecule has 11 heteroatoms. The molecule has 0 saturated carbocycles. The minimum absolute atomic E-state index is 0.140. The summed E-state index contributed by atoms with van der Waals surface area (Å²) in [6.07, 6.45) is 0. The van der Waals surface area contributed by atoms with Gasteiger partial charge in [0.1, 0.15) is 4.90 Å². The van der Waals surface area contributed by atoms with Crippen LogP contribution in [0.25, 0.3) is 0 Å². The number of nitrogen functional groups attached to an aromatic ring is 1. The van der Waals surface area contributed by atoms with Crippen LogP contribution in [0.4, 0.5) is 17.4 Å². The SMILES string of the molecule is Cc1noc(NS(=O)(=O)c2cc([N+](=O)[O-])ccc2N)n1. The average Bonchev–Trinajstić information content (AvgIpc) is 2.73. The number of sulfonamides is 1. The zero-order valence-corrected chi connectivity index (χ0v) is 10.9. The van der Waals surface area contributed by atoms with E-state index in [1.54, 1.807) is 0 Å². The Morgan fingerprint density at radius 1 is 1.45 bits per heavy atom. The Bertz CT molecular complexity index is 769. The number of nitrogens with two attached hydrogens (primary N) is 1. The van der Waals surface area contributed by atoms with Crippen molar-refractivity contribution < 1.29 is 17.9 Å². The van der Waals surface area contributed by atoms with Crippen molar-refractivity contribution in [2.45, 2.75) is 11.8 Å². The summed E-state index contributed by atoms with van der Waals surface area (Å²) in [7, 11) is -4.16. The lowest BCUT2D eigenvalue weighted by atomic mass is 10.3. The lowest BCUT2D eigenvalue weighted by Crippen LogP contribution is -2.15. The fourth-order valence-corrected chi connectivity index (χ4v) is 2.45. The van der Waals surface area contributed by atoms with Crippen molar-refractivity contribution >= 4 is 27.4 Å². The zero-order chi connectivity index (χ0) is 14.9. The second-order valence-corrected chi connectivity index (χ2v) is 5.38. The molecule has 2 rings (SSSR count). The lowest BCUT2D eigenvalue weighted by Gasteiger charge is -2.06. The van der Waals surface area contributed by atoms with Crippen molar-refractivity contribution in [3.05, 3.63) is 34.1 Å². The second kappa shape index (κ2) is 4.77. The van der Waals surface area contributed by atoms with Gasteiger partial charge in [-0.1, -0.05) is 5.16 Å². The molecule has 1 aromatic carbocycles. The van der Waals surface area contributed by atoms with E-state index < -0.39 is 25.5 Å². The molecule has 106 valence electrons. The van der Waals surface area contributed by atoms with Crippen molar-refractivity contribution in [3.8, 4) is 0 Å². The van der Waals surface area contributed by atoms with Crippen molar-refractivity contribution in [3.63, 3.8) is 0 Å². The van der Waals surface area contributed by atoms with E-state index in [0.29, 0.717) is 0 Å². The van der Waals surface area contributed by atoms with Crippen LogP contribution in [0.3, 0.4) is 0 Å². The zero-order valence-electron chi connectivity index (χ0n) is 10.1. The molecule has 1 aromatic heterocycles. The molecule has 0 aliphatic rings. The van der Waals surface area contributed by atoms with Crippen molar-refractivity contribution in [2.75, 3.05) is 10.5 Å². The molecule has 0 aliphatic carbocycles. The molecular formula is C9H9N5O5S. The molecule has 10 nitrogen and oxygen atoms in total. The molecule has 2 aromatic rings. The minimum Gasteiger partial charge on any atom is -0.398 e.